The Labute approximate surface area is 147 Å². The molecule has 2 heterocycles. The predicted octanol–water partition coefficient (Wildman–Crippen LogP) is 3.75. The molecule has 0 radical (unpaired) electrons. The molecule has 25 heavy (non-hydrogen) atoms. The molecule has 6 nitrogen and oxygen atoms in total. The van der Waals surface area contributed by atoms with E-state index in [2.05, 4.69) is 37.0 Å². The number of ether oxygens (including phenoxy) is 2. The van der Waals surface area contributed by atoms with Crippen LogP contribution in [0.2, 0.25) is 0 Å². The lowest BCUT2D eigenvalue weighted by Gasteiger charge is -2.31. The summed E-state index contributed by atoms with van der Waals surface area (Å²) in [7, 11) is 0. The summed E-state index contributed by atoms with van der Waals surface area (Å²) in [5.74, 6) is -0.0854. The zero-order valence-electron chi connectivity index (χ0n) is 14.9. The molecule has 0 saturated carbocycles. The second-order valence-electron chi connectivity index (χ2n) is 7.09. The average molecular weight is 338 g/mol. The summed E-state index contributed by atoms with van der Waals surface area (Å²) >= 11 is 0. The summed E-state index contributed by atoms with van der Waals surface area (Å²) < 4.78 is 11.3. The Hall–Kier alpha value is -2.81. The largest absolute Gasteiger partial charge is 0.494 e. The van der Waals surface area contributed by atoms with Crippen molar-refractivity contribution in [2.45, 2.75) is 39.0 Å². The summed E-state index contributed by atoms with van der Waals surface area (Å²) in [6.45, 7) is 8.68. The standard InChI is InChI=1S/C19H22N4O2/c1-5-24-13-9-7-6-8-11(13)14-12(10-20)17(21)25-18-15(14)16(22-23-18)19(2,3)4/h6-9,12,14,21H,5H2,1-4H3,(H,22,23). The summed E-state index contributed by atoms with van der Waals surface area (Å²) in [6, 6.07) is 9.89. The van der Waals surface area contributed by atoms with Gasteiger partial charge in [-0.3, -0.25) is 10.5 Å². The third kappa shape index (κ3) is 2.86. The van der Waals surface area contributed by atoms with E-state index in [1.54, 1.807) is 0 Å². The van der Waals surface area contributed by atoms with Gasteiger partial charge in [0.1, 0.15) is 11.7 Å². The Balaban J connectivity index is 2.26. The van der Waals surface area contributed by atoms with Gasteiger partial charge in [-0.25, -0.2) is 0 Å². The van der Waals surface area contributed by atoms with E-state index >= 15 is 0 Å². The van der Waals surface area contributed by atoms with Gasteiger partial charge < -0.3 is 9.47 Å². The monoisotopic (exact) mass is 338 g/mol. The Morgan fingerprint density at radius 1 is 1.36 bits per heavy atom. The Bertz CT molecular complexity index is 842. The Kier molecular flexibility index (Phi) is 4.25. The third-order valence-corrected chi connectivity index (χ3v) is 4.35. The minimum Gasteiger partial charge on any atom is -0.494 e. The van der Waals surface area contributed by atoms with E-state index in [1.807, 2.05) is 31.2 Å². The molecule has 0 fully saturated rings. The first-order valence-electron chi connectivity index (χ1n) is 8.34. The van der Waals surface area contributed by atoms with Gasteiger partial charge in [0.15, 0.2) is 0 Å². The molecule has 0 amide bonds. The topological polar surface area (TPSA) is 94.8 Å². The molecule has 130 valence electrons. The molecular formula is C19H22N4O2. The van der Waals surface area contributed by atoms with Crippen molar-refractivity contribution in [1.82, 2.24) is 10.2 Å². The van der Waals surface area contributed by atoms with Gasteiger partial charge in [-0.2, -0.15) is 5.26 Å². The predicted molar refractivity (Wildman–Crippen MR) is 94.2 cm³/mol. The summed E-state index contributed by atoms with van der Waals surface area (Å²) in [6.07, 6.45) is 0. The van der Waals surface area contributed by atoms with E-state index in [0.717, 1.165) is 22.6 Å². The van der Waals surface area contributed by atoms with E-state index < -0.39 is 5.92 Å². The quantitative estimate of drug-likeness (QED) is 0.891. The first-order valence-corrected chi connectivity index (χ1v) is 8.34. The second kappa shape index (κ2) is 6.25. The Morgan fingerprint density at radius 3 is 2.72 bits per heavy atom. The lowest BCUT2D eigenvalue weighted by molar-refractivity contribution is 0.332. The zero-order chi connectivity index (χ0) is 18.2. The van der Waals surface area contributed by atoms with E-state index in [9.17, 15) is 5.26 Å². The number of aromatic amines is 1. The lowest BCUT2D eigenvalue weighted by atomic mass is 9.75. The van der Waals surface area contributed by atoms with Crippen molar-refractivity contribution >= 4 is 5.90 Å². The minimum absolute atomic E-state index is 0.0849. The molecule has 2 aromatic rings. The highest BCUT2D eigenvalue weighted by Crippen LogP contribution is 2.47. The number of nitrogens with one attached hydrogen (secondary N) is 2. The zero-order valence-corrected chi connectivity index (χ0v) is 14.9. The van der Waals surface area contributed by atoms with Crippen LogP contribution in [0, 0.1) is 22.7 Å². The number of hydrogen-bond acceptors (Lipinski definition) is 5. The molecule has 3 rings (SSSR count). The minimum atomic E-state index is -0.729. The van der Waals surface area contributed by atoms with E-state index in [1.165, 1.54) is 0 Å². The van der Waals surface area contributed by atoms with Gasteiger partial charge in [0.25, 0.3) is 0 Å². The third-order valence-electron chi connectivity index (χ3n) is 4.35. The molecule has 2 unspecified atom stereocenters. The SMILES string of the molecule is CCOc1ccccc1C1c2c(n[nH]c2C(C)(C)C)OC(=N)C1C#N. The fraction of sp³-hybridized carbons (Fsp3) is 0.421. The maximum Gasteiger partial charge on any atom is 0.243 e. The maximum absolute atomic E-state index is 9.73. The molecule has 2 atom stereocenters. The fourth-order valence-corrected chi connectivity index (χ4v) is 3.25. The molecule has 0 aliphatic carbocycles. The van der Waals surface area contributed by atoms with Crippen molar-refractivity contribution in [2.24, 2.45) is 5.92 Å². The molecule has 1 aliphatic heterocycles. The van der Waals surface area contributed by atoms with Crippen molar-refractivity contribution in [3.8, 4) is 17.7 Å². The van der Waals surface area contributed by atoms with Gasteiger partial charge in [0, 0.05) is 28.2 Å². The van der Waals surface area contributed by atoms with Crippen molar-refractivity contribution in [1.29, 1.82) is 10.7 Å². The van der Waals surface area contributed by atoms with Gasteiger partial charge in [-0.1, -0.05) is 39.0 Å². The van der Waals surface area contributed by atoms with Crippen molar-refractivity contribution < 1.29 is 9.47 Å². The van der Waals surface area contributed by atoms with Gasteiger partial charge in [-0.05, 0) is 13.0 Å². The van der Waals surface area contributed by atoms with Crippen LogP contribution >= 0.6 is 0 Å². The lowest BCUT2D eigenvalue weighted by Crippen LogP contribution is -2.32. The molecule has 1 aromatic heterocycles. The van der Waals surface area contributed by atoms with Crippen LogP contribution in [0.3, 0.4) is 0 Å². The van der Waals surface area contributed by atoms with Gasteiger partial charge in [0.2, 0.25) is 11.8 Å². The number of rotatable bonds is 3. The van der Waals surface area contributed by atoms with Crippen LogP contribution < -0.4 is 9.47 Å². The highest BCUT2D eigenvalue weighted by Gasteiger charge is 2.43. The van der Waals surface area contributed by atoms with Gasteiger partial charge in [-0.15, -0.1) is 5.10 Å². The molecule has 0 saturated heterocycles. The first-order chi connectivity index (χ1) is 11.9. The highest BCUT2D eigenvalue weighted by molar-refractivity contribution is 5.85. The number of nitriles is 1. The number of para-hydroxylation sites is 1. The fourth-order valence-electron chi connectivity index (χ4n) is 3.25. The number of aromatic nitrogens is 2. The van der Waals surface area contributed by atoms with Crippen LogP contribution in [0.1, 0.15) is 50.4 Å². The van der Waals surface area contributed by atoms with E-state index in [0.29, 0.717) is 12.5 Å². The van der Waals surface area contributed by atoms with Crippen molar-refractivity contribution in [2.75, 3.05) is 6.61 Å². The molecule has 1 aromatic carbocycles. The summed E-state index contributed by atoms with van der Waals surface area (Å²) in [5, 5.41) is 25.2. The molecular weight excluding hydrogens is 316 g/mol. The molecule has 6 heteroatoms. The molecule has 1 aliphatic rings. The van der Waals surface area contributed by atoms with Crippen LogP contribution in [0.25, 0.3) is 0 Å². The van der Waals surface area contributed by atoms with E-state index in [-0.39, 0.29) is 17.2 Å². The van der Waals surface area contributed by atoms with Crippen LogP contribution in [0.5, 0.6) is 11.6 Å². The summed E-state index contributed by atoms with van der Waals surface area (Å²) in [4.78, 5) is 0. The number of fused-ring (bicyclic) bond motifs is 1. The van der Waals surface area contributed by atoms with Crippen LogP contribution in [-0.2, 0) is 5.41 Å². The molecule has 0 bridgehead atoms. The summed E-state index contributed by atoms with van der Waals surface area (Å²) in [5.41, 5.74) is 2.41. The number of nitrogens with zero attached hydrogens (tertiary/aromatic N) is 2. The first kappa shape index (κ1) is 17.0. The Morgan fingerprint density at radius 2 is 2.08 bits per heavy atom. The number of H-pyrrole nitrogens is 1. The smallest absolute Gasteiger partial charge is 0.243 e. The molecule has 0 spiro atoms. The number of benzene rings is 1. The molecule has 2 N–H and O–H groups in total. The van der Waals surface area contributed by atoms with E-state index in [4.69, 9.17) is 14.9 Å². The highest BCUT2D eigenvalue weighted by atomic mass is 16.5. The van der Waals surface area contributed by atoms with Gasteiger partial charge >= 0.3 is 0 Å². The van der Waals surface area contributed by atoms with Crippen LogP contribution in [-0.4, -0.2) is 22.7 Å². The van der Waals surface area contributed by atoms with Crippen LogP contribution in [0.4, 0.5) is 0 Å². The average Bonchev–Trinajstić information content (AvgIpc) is 2.98. The van der Waals surface area contributed by atoms with Gasteiger partial charge in [0.05, 0.1) is 12.7 Å². The normalized spacial score (nSPS) is 19.7. The second-order valence-corrected chi connectivity index (χ2v) is 7.09. The maximum atomic E-state index is 9.73. The number of hydrogen-bond donors (Lipinski definition) is 2. The van der Waals surface area contributed by atoms with Crippen molar-refractivity contribution in [3.63, 3.8) is 0 Å². The van der Waals surface area contributed by atoms with Crippen LogP contribution in [0.15, 0.2) is 24.3 Å². The van der Waals surface area contributed by atoms with Crippen molar-refractivity contribution in [3.05, 3.63) is 41.1 Å².